The second-order valence-electron chi connectivity index (χ2n) is 7.63. The van der Waals surface area contributed by atoms with Crippen LogP contribution in [0.5, 0.6) is 11.5 Å². The number of carbonyl (C=O) groups is 1. The second kappa shape index (κ2) is 9.24. The maximum absolute atomic E-state index is 13.3. The molecule has 2 aromatic carbocycles. The van der Waals surface area contributed by atoms with Crippen LogP contribution < -0.4 is 9.47 Å². The number of methoxy groups -OCH3 is 2. The Morgan fingerprint density at radius 1 is 0.939 bits per heavy atom. The van der Waals surface area contributed by atoms with Crippen molar-refractivity contribution in [1.82, 2.24) is 19.0 Å². The van der Waals surface area contributed by atoms with E-state index in [1.807, 2.05) is 37.3 Å². The fourth-order valence-electron chi connectivity index (χ4n) is 3.83. The number of piperazine rings is 1. The Morgan fingerprint density at radius 2 is 1.64 bits per heavy atom. The summed E-state index contributed by atoms with van der Waals surface area (Å²) in [5.41, 5.74) is 2.05. The molecule has 1 amide bonds. The number of aromatic nitrogens is 2. The molecule has 1 fully saturated rings. The van der Waals surface area contributed by atoms with E-state index in [1.54, 1.807) is 27.8 Å². The van der Waals surface area contributed by atoms with Crippen molar-refractivity contribution in [3.05, 3.63) is 66.0 Å². The molecular weight excluding hydrogens is 444 g/mol. The predicted octanol–water partition coefficient (Wildman–Crippen LogP) is 2.34. The van der Waals surface area contributed by atoms with Crippen molar-refractivity contribution < 1.29 is 22.7 Å². The van der Waals surface area contributed by atoms with Crippen molar-refractivity contribution in [1.29, 1.82) is 0 Å². The number of hydrogen-bond donors (Lipinski definition) is 0. The average molecular weight is 471 g/mol. The third kappa shape index (κ3) is 4.44. The fourth-order valence-corrected chi connectivity index (χ4v) is 5.42. The number of nitrogens with zero attached hydrogens (tertiary/aromatic N) is 4. The molecule has 10 heteroatoms. The minimum absolute atomic E-state index is 0.0429. The van der Waals surface area contributed by atoms with Crippen molar-refractivity contribution in [2.24, 2.45) is 0 Å². The number of amides is 1. The molecule has 0 radical (unpaired) electrons. The number of ether oxygens (including phenoxy) is 2. The lowest BCUT2D eigenvalue weighted by molar-refractivity contribution is 0.0691. The molecule has 9 nitrogen and oxygen atoms in total. The zero-order chi connectivity index (χ0) is 23.6. The summed E-state index contributed by atoms with van der Waals surface area (Å²) in [6.07, 6.45) is 0. The molecule has 0 spiro atoms. The van der Waals surface area contributed by atoms with E-state index in [4.69, 9.17) is 9.47 Å². The highest BCUT2D eigenvalue weighted by atomic mass is 32.2. The van der Waals surface area contributed by atoms with Crippen molar-refractivity contribution in [3.8, 4) is 17.2 Å². The largest absolute Gasteiger partial charge is 0.497 e. The van der Waals surface area contributed by atoms with Crippen LogP contribution in [0, 0.1) is 6.92 Å². The lowest BCUT2D eigenvalue weighted by atomic mass is 10.3. The number of sulfonamides is 1. The highest BCUT2D eigenvalue weighted by Gasteiger charge is 2.33. The van der Waals surface area contributed by atoms with Gasteiger partial charge in [-0.1, -0.05) is 18.2 Å². The third-order valence-corrected chi connectivity index (χ3v) is 7.54. The Kier molecular flexibility index (Phi) is 6.39. The summed E-state index contributed by atoms with van der Waals surface area (Å²) in [7, 11) is -0.919. The van der Waals surface area contributed by atoms with E-state index in [0.717, 1.165) is 11.4 Å². The van der Waals surface area contributed by atoms with Crippen LogP contribution in [-0.2, 0) is 10.0 Å². The maximum atomic E-state index is 13.3. The van der Waals surface area contributed by atoms with Gasteiger partial charge in [0.15, 0.2) is 5.69 Å². The number of carbonyl (C=O) groups excluding carboxylic acids is 1. The number of para-hydroxylation sites is 1. The first-order valence-electron chi connectivity index (χ1n) is 10.5. The van der Waals surface area contributed by atoms with Crippen LogP contribution in [0.25, 0.3) is 5.69 Å². The molecule has 33 heavy (non-hydrogen) atoms. The van der Waals surface area contributed by atoms with Gasteiger partial charge in [0.05, 0.1) is 19.9 Å². The quantitative estimate of drug-likeness (QED) is 0.549. The average Bonchev–Trinajstić information content (AvgIpc) is 3.25. The summed E-state index contributed by atoms with van der Waals surface area (Å²) in [4.78, 5) is 14.7. The molecule has 1 saturated heterocycles. The molecule has 1 aliphatic rings. The molecule has 2 heterocycles. The smallest absolute Gasteiger partial charge is 0.274 e. The Balaban J connectivity index is 1.49. The summed E-state index contributed by atoms with van der Waals surface area (Å²) in [6, 6.07) is 16.0. The van der Waals surface area contributed by atoms with Crippen LogP contribution in [0.3, 0.4) is 0 Å². The minimum Gasteiger partial charge on any atom is -0.497 e. The Labute approximate surface area is 193 Å². The SMILES string of the molecule is COc1ccc(OC)c(S(=O)(=O)N2CCN(C(=O)c3cc(C)n(-c4ccccc4)n3)CC2)c1. The number of benzene rings is 2. The van der Waals surface area contributed by atoms with E-state index in [2.05, 4.69) is 5.10 Å². The van der Waals surface area contributed by atoms with Gasteiger partial charge in [-0.05, 0) is 37.3 Å². The summed E-state index contributed by atoms with van der Waals surface area (Å²) < 4.78 is 40.0. The zero-order valence-corrected chi connectivity index (χ0v) is 19.6. The molecule has 0 saturated carbocycles. The van der Waals surface area contributed by atoms with Gasteiger partial charge in [0.1, 0.15) is 16.4 Å². The zero-order valence-electron chi connectivity index (χ0n) is 18.8. The second-order valence-corrected chi connectivity index (χ2v) is 9.54. The molecule has 0 atom stereocenters. The molecule has 0 bridgehead atoms. The molecular formula is C23H26N4O5S. The molecule has 1 aliphatic heterocycles. The van der Waals surface area contributed by atoms with Crippen LogP contribution in [-0.4, -0.2) is 73.7 Å². The van der Waals surface area contributed by atoms with E-state index >= 15 is 0 Å². The van der Waals surface area contributed by atoms with Gasteiger partial charge in [0.25, 0.3) is 5.91 Å². The number of hydrogen-bond acceptors (Lipinski definition) is 6. The monoisotopic (exact) mass is 470 g/mol. The van der Waals surface area contributed by atoms with Crippen LogP contribution in [0.1, 0.15) is 16.2 Å². The summed E-state index contributed by atoms with van der Waals surface area (Å²) >= 11 is 0. The molecule has 0 aliphatic carbocycles. The predicted molar refractivity (Wildman–Crippen MR) is 123 cm³/mol. The first-order chi connectivity index (χ1) is 15.8. The van der Waals surface area contributed by atoms with Crippen LogP contribution in [0.4, 0.5) is 0 Å². The third-order valence-electron chi connectivity index (χ3n) is 5.62. The van der Waals surface area contributed by atoms with Crippen molar-refractivity contribution in [3.63, 3.8) is 0 Å². The first kappa shape index (κ1) is 22.8. The molecule has 0 unspecified atom stereocenters. The van der Waals surface area contributed by atoms with Gasteiger partial charge in [-0.2, -0.15) is 9.40 Å². The van der Waals surface area contributed by atoms with E-state index in [9.17, 15) is 13.2 Å². The van der Waals surface area contributed by atoms with Crippen LogP contribution >= 0.6 is 0 Å². The van der Waals surface area contributed by atoms with Gasteiger partial charge in [-0.25, -0.2) is 13.1 Å². The van der Waals surface area contributed by atoms with Gasteiger partial charge >= 0.3 is 0 Å². The van der Waals surface area contributed by atoms with Gasteiger partial charge in [0.2, 0.25) is 10.0 Å². The van der Waals surface area contributed by atoms with E-state index in [1.165, 1.54) is 24.6 Å². The van der Waals surface area contributed by atoms with E-state index < -0.39 is 10.0 Å². The van der Waals surface area contributed by atoms with E-state index in [0.29, 0.717) is 11.4 Å². The van der Waals surface area contributed by atoms with Crippen LogP contribution in [0.2, 0.25) is 0 Å². The first-order valence-corrected chi connectivity index (χ1v) is 11.9. The number of rotatable bonds is 6. The molecule has 3 aromatic rings. The summed E-state index contributed by atoms with van der Waals surface area (Å²) in [5.74, 6) is 0.451. The normalized spacial score (nSPS) is 14.8. The van der Waals surface area contributed by atoms with Gasteiger partial charge in [0, 0.05) is 37.9 Å². The number of aryl methyl sites for hydroxylation is 1. The van der Waals surface area contributed by atoms with Crippen molar-refractivity contribution >= 4 is 15.9 Å². The van der Waals surface area contributed by atoms with Gasteiger partial charge in [-0.15, -0.1) is 0 Å². The molecule has 0 N–H and O–H groups in total. The fraction of sp³-hybridized carbons (Fsp3) is 0.304. The summed E-state index contributed by atoms with van der Waals surface area (Å²) in [6.45, 7) is 2.77. The standard InChI is InChI=1S/C23H26N4O5S/c1-17-15-20(24-27(17)18-7-5-4-6-8-18)23(28)25-11-13-26(14-12-25)33(29,30)22-16-19(31-2)9-10-21(22)32-3/h4-10,15-16H,11-14H2,1-3H3. The topological polar surface area (TPSA) is 94.0 Å². The molecule has 1 aromatic heterocycles. The van der Waals surface area contributed by atoms with E-state index in [-0.39, 0.29) is 42.7 Å². The lowest BCUT2D eigenvalue weighted by Gasteiger charge is -2.33. The van der Waals surface area contributed by atoms with Crippen LogP contribution in [0.15, 0.2) is 59.5 Å². The van der Waals surface area contributed by atoms with Crippen molar-refractivity contribution in [2.75, 3.05) is 40.4 Å². The Hall–Kier alpha value is -3.37. The van der Waals surface area contributed by atoms with Crippen molar-refractivity contribution in [2.45, 2.75) is 11.8 Å². The molecule has 174 valence electrons. The molecule has 4 rings (SSSR count). The maximum Gasteiger partial charge on any atom is 0.274 e. The Bertz CT molecular complexity index is 1250. The Morgan fingerprint density at radius 3 is 2.27 bits per heavy atom. The van der Waals surface area contributed by atoms with Gasteiger partial charge in [-0.3, -0.25) is 4.79 Å². The highest BCUT2D eigenvalue weighted by Crippen LogP contribution is 2.31. The highest BCUT2D eigenvalue weighted by molar-refractivity contribution is 7.89. The summed E-state index contributed by atoms with van der Waals surface area (Å²) in [5, 5.41) is 4.48. The van der Waals surface area contributed by atoms with Gasteiger partial charge < -0.3 is 14.4 Å². The lowest BCUT2D eigenvalue weighted by Crippen LogP contribution is -2.50. The minimum atomic E-state index is -3.82.